The fraction of sp³-hybridized carbons (Fsp3) is 0.400. The Bertz CT molecular complexity index is 329. The zero-order valence-electron chi connectivity index (χ0n) is 8.27. The lowest BCUT2D eigenvalue weighted by molar-refractivity contribution is 0.806. The fourth-order valence-electron chi connectivity index (χ4n) is 1.19. The molecule has 0 atom stereocenters. The van der Waals surface area contributed by atoms with Crippen molar-refractivity contribution in [2.45, 2.75) is 13.3 Å². The Balaban J connectivity index is 2.82. The SMILES string of the molecule is C#CCN(CCC)c1cc(N)ncn1. The van der Waals surface area contributed by atoms with E-state index in [0.717, 1.165) is 18.8 Å². The molecule has 14 heavy (non-hydrogen) atoms. The molecule has 0 amide bonds. The number of hydrogen-bond acceptors (Lipinski definition) is 4. The molecular weight excluding hydrogens is 176 g/mol. The molecule has 4 heteroatoms. The smallest absolute Gasteiger partial charge is 0.134 e. The van der Waals surface area contributed by atoms with Crippen molar-refractivity contribution in [1.82, 2.24) is 9.97 Å². The Morgan fingerprint density at radius 3 is 2.93 bits per heavy atom. The molecule has 0 spiro atoms. The monoisotopic (exact) mass is 190 g/mol. The van der Waals surface area contributed by atoms with Gasteiger partial charge in [-0.1, -0.05) is 12.8 Å². The molecule has 0 aliphatic carbocycles. The molecule has 1 aromatic heterocycles. The van der Waals surface area contributed by atoms with Crippen molar-refractivity contribution in [1.29, 1.82) is 0 Å². The Kier molecular flexibility index (Phi) is 3.74. The Morgan fingerprint density at radius 2 is 2.36 bits per heavy atom. The van der Waals surface area contributed by atoms with Crippen LogP contribution in [-0.2, 0) is 0 Å². The minimum Gasteiger partial charge on any atom is -0.384 e. The van der Waals surface area contributed by atoms with Gasteiger partial charge in [-0.3, -0.25) is 0 Å². The second-order valence-electron chi connectivity index (χ2n) is 2.93. The number of aromatic nitrogens is 2. The predicted molar refractivity (Wildman–Crippen MR) is 57.8 cm³/mol. The van der Waals surface area contributed by atoms with Gasteiger partial charge in [0.2, 0.25) is 0 Å². The predicted octanol–water partition coefficient (Wildman–Crippen LogP) is 0.908. The van der Waals surface area contributed by atoms with Crippen LogP contribution in [-0.4, -0.2) is 23.1 Å². The quantitative estimate of drug-likeness (QED) is 0.717. The first-order valence-electron chi connectivity index (χ1n) is 4.54. The summed E-state index contributed by atoms with van der Waals surface area (Å²) in [7, 11) is 0. The highest BCUT2D eigenvalue weighted by atomic mass is 15.2. The first-order valence-corrected chi connectivity index (χ1v) is 4.54. The topological polar surface area (TPSA) is 55.0 Å². The van der Waals surface area contributed by atoms with Crippen molar-refractivity contribution in [2.24, 2.45) is 0 Å². The zero-order valence-corrected chi connectivity index (χ0v) is 8.27. The molecule has 0 aromatic carbocycles. The van der Waals surface area contributed by atoms with Crippen LogP contribution in [0.2, 0.25) is 0 Å². The number of nitrogens with zero attached hydrogens (tertiary/aromatic N) is 3. The van der Waals surface area contributed by atoms with Gasteiger partial charge in [-0.05, 0) is 6.42 Å². The molecule has 1 rings (SSSR count). The number of rotatable bonds is 4. The van der Waals surface area contributed by atoms with Gasteiger partial charge in [0, 0.05) is 12.6 Å². The van der Waals surface area contributed by atoms with Crippen LogP contribution >= 0.6 is 0 Å². The van der Waals surface area contributed by atoms with Crippen molar-refractivity contribution in [3.05, 3.63) is 12.4 Å². The van der Waals surface area contributed by atoms with Gasteiger partial charge in [0.15, 0.2) is 0 Å². The molecule has 0 aliphatic rings. The molecule has 74 valence electrons. The summed E-state index contributed by atoms with van der Waals surface area (Å²) in [6.45, 7) is 3.51. The molecule has 0 fully saturated rings. The minimum atomic E-state index is 0.466. The highest BCUT2D eigenvalue weighted by molar-refractivity contribution is 5.46. The highest BCUT2D eigenvalue weighted by Gasteiger charge is 2.05. The van der Waals surface area contributed by atoms with E-state index in [9.17, 15) is 0 Å². The maximum Gasteiger partial charge on any atom is 0.134 e. The molecule has 0 saturated heterocycles. The van der Waals surface area contributed by atoms with Gasteiger partial charge >= 0.3 is 0 Å². The number of nitrogens with two attached hydrogens (primary N) is 1. The fourth-order valence-corrected chi connectivity index (χ4v) is 1.19. The van der Waals surface area contributed by atoms with Crippen molar-refractivity contribution in [3.63, 3.8) is 0 Å². The second-order valence-corrected chi connectivity index (χ2v) is 2.93. The van der Waals surface area contributed by atoms with E-state index in [0.29, 0.717) is 12.4 Å². The summed E-state index contributed by atoms with van der Waals surface area (Å²) in [6.07, 6.45) is 7.74. The summed E-state index contributed by atoms with van der Waals surface area (Å²) in [6, 6.07) is 1.73. The lowest BCUT2D eigenvalue weighted by atomic mass is 10.4. The van der Waals surface area contributed by atoms with E-state index in [2.05, 4.69) is 22.8 Å². The first kappa shape index (κ1) is 10.3. The summed E-state index contributed by atoms with van der Waals surface area (Å²) in [5.74, 6) is 3.85. The lowest BCUT2D eigenvalue weighted by Crippen LogP contribution is -2.25. The molecule has 1 heterocycles. The van der Waals surface area contributed by atoms with Crippen LogP contribution in [0.3, 0.4) is 0 Å². The minimum absolute atomic E-state index is 0.466. The van der Waals surface area contributed by atoms with E-state index in [4.69, 9.17) is 12.2 Å². The second kappa shape index (κ2) is 5.07. The van der Waals surface area contributed by atoms with Crippen molar-refractivity contribution in [2.75, 3.05) is 23.7 Å². The average molecular weight is 190 g/mol. The van der Waals surface area contributed by atoms with Crippen molar-refractivity contribution >= 4 is 11.6 Å². The van der Waals surface area contributed by atoms with E-state index in [-0.39, 0.29) is 0 Å². The van der Waals surface area contributed by atoms with E-state index in [1.54, 1.807) is 6.07 Å². The largest absolute Gasteiger partial charge is 0.384 e. The summed E-state index contributed by atoms with van der Waals surface area (Å²) in [4.78, 5) is 9.95. The van der Waals surface area contributed by atoms with Gasteiger partial charge in [-0.2, -0.15) is 0 Å². The third-order valence-corrected chi connectivity index (χ3v) is 1.77. The summed E-state index contributed by atoms with van der Waals surface area (Å²) in [5.41, 5.74) is 5.56. The van der Waals surface area contributed by atoms with Gasteiger partial charge < -0.3 is 10.6 Å². The normalized spacial score (nSPS) is 9.43. The van der Waals surface area contributed by atoms with Crippen molar-refractivity contribution < 1.29 is 0 Å². The number of anilines is 2. The molecule has 0 saturated carbocycles. The Hall–Kier alpha value is -1.76. The molecule has 0 bridgehead atoms. The molecule has 2 N–H and O–H groups in total. The van der Waals surface area contributed by atoms with Crippen LogP contribution in [0.4, 0.5) is 11.6 Å². The van der Waals surface area contributed by atoms with E-state index in [1.807, 2.05) is 4.90 Å². The third kappa shape index (κ3) is 2.63. The molecule has 0 unspecified atom stereocenters. The van der Waals surface area contributed by atoms with Gasteiger partial charge in [-0.25, -0.2) is 9.97 Å². The van der Waals surface area contributed by atoms with Gasteiger partial charge in [0.25, 0.3) is 0 Å². The summed E-state index contributed by atoms with van der Waals surface area (Å²) in [5, 5.41) is 0. The van der Waals surface area contributed by atoms with E-state index < -0.39 is 0 Å². The highest BCUT2D eigenvalue weighted by Crippen LogP contribution is 2.11. The summed E-state index contributed by atoms with van der Waals surface area (Å²) < 4.78 is 0. The van der Waals surface area contributed by atoms with Crippen LogP contribution in [0.15, 0.2) is 12.4 Å². The Morgan fingerprint density at radius 1 is 1.57 bits per heavy atom. The maximum atomic E-state index is 5.56. The number of nitrogen functional groups attached to an aromatic ring is 1. The van der Waals surface area contributed by atoms with Crippen LogP contribution in [0.5, 0.6) is 0 Å². The third-order valence-electron chi connectivity index (χ3n) is 1.77. The maximum absolute atomic E-state index is 5.56. The summed E-state index contributed by atoms with van der Waals surface area (Å²) >= 11 is 0. The van der Waals surface area contributed by atoms with Gasteiger partial charge in [0.05, 0.1) is 6.54 Å². The standard InChI is InChI=1S/C10H14N4/c1-3-5-14(6-4-2)10-7-9(11)12-8-13-10/h1,7-8H,4-6H2,2H3,(H2,11,12,13). The number of terminal acetylenes is 1. The van der Waals surface area contributed by atoms with Gasteiger partial charge in [0.1, 0.15) is 18.0 Å². The van der Waals surface area contributed by atoms with Crippen LogP contribution in [0.25, 0.3) is 0 Å². The first-order chi connectivity index (χ1) is 6.77. The van der Waals surface area contributed by atoms with E-state index in [1.165, 1.54) is 6.33 Å². The molecular formula is C10H14N4. The van der Waals surface area contributed by atoms with Crippen LogP contribution in [0, 0.1) is 12.3 Å². The lowest BCUT2D eigenvalue weighted by Gasteiger charge is -2.20. The van der Waals surface area contributed by atoms with Crippen molar-refractivity contribution in [3.8, 4) is 12.3 Å². The molecule has 0 radical (unpaired) electrons. The van der Waals surface area contributed by atoms with Crippen LogP contribution < -0.4 is 10.6 Å². The average Bonchev–Trinajstić information content (AvgIpc) is 2.17. The van der Waals surface area contributed by atoms with E-state index >= 15 is 0 Å². The zero-order chi connectivity index (χ0) is 10.4. The number of hydrogen-bond donors (Lipinski definition) is 1. The Labute approximate surface area is 84.2 Å². The molecule has 4 nitrogen and oxygen atoms in total. The molecule has 0 aliphatic heterocycles. The van der Waals surface area contributed by atoms with Crippen LogP contribution in [0.1, 0.15) is 13.3 Å². The molecule has 1 aromatic rings. The van der Waals surface area contributed by atoms with Gasteiger partial charge in [-0.15, -0.1) is 6.42 Å².